The van der Waals surface area contributed by atoms with Gasteiger partial charge in [0, 0.05) is 10.6 Å². The summed E-state index contributed by atoms with van der Waals surface area (Å²) in [6.07, 6.45) is 2.85. The second-order valence-corrected chi connectivity index (χ2v) is 6.82. The van der Waals surface area contributed by atoms with E-state index in [9.17, 15) is 14.4 Å². The van der Waals surface area contributed by atoms with Crippen molar-refractivity contribution in [2.24, 2.45) is 11.8 Å². The Bertz CT molecular complexity index is 651. The van der Waals surface area contributed by atoms with Crippen LogP contribution in [0.3, 0.4) is 0 Å². The van der Waals surface area contributed by atoms with Gasteiger partial charge >= 0.3 is 5.97 Å². The highest BCUT2D eigenvalue weighted by atomic mass is 35.5. The van der Waals surface area contributed by atoms with Crippen LogP contribution in [0.15, 0.2) is 24.3 Å². The van der Waals surface area contributed by atoms with Crippen LogP contribution in [0.4, 0.5) is 0 Å². The van der Waals surface area contributed by atoms with E-state index in [4.69, 9.17) is 16.3 Å². The van der Waals surface area contributed by atoms with E-state index in [1.165, 1.54) is 0 Å². The van der Waals surface area contributed by atoms with E-state index in [1.807, 2.05) is 6.07 Å². The van der Waals surface area contributed by atoms with Gasteiger partial charge in [0.15, 0.2) is 0 Å². The minimum absolute atomic E-state index is 0.230. The average molecular weight is 350 g/mol. The van der Waals surface area contributed by atoms with Crippen molar-refractivity contribution >= 4 is 29.4 Å². The fourth-order valence-electron chi connectivity index (χ4n) is 3.62. The number of halogens is 1. The van der Waals surface area contributed by atoms with Crippen LogP contribution in [0.25, 0.3) is 0 Å². The van der Waals surface area contributed by atoms with Crippen LogP contribution in [0.2, 0.25) is 5.02 Å². The predicted octanol–water partition coefficient (Wildman–Crippen LogP) is 3.12. The maximum atomic E-state index is 12.4. The topological polar surface area (TPSA) is 63.7 Å². The van der Waals surface area contributed by atoms with Gasteiger partial charge in [-0.3, -0.25) is 19.3 Å². The molecule has 3 rings (SSSR count). The van der Waals surface area contributed by atoms with E-state index >= 15 is 0 Å². The number of imide groups is 1. The smallest absolute Gasteiger partial charge is 0.326 e. The molecule has 2 amide bonds. The van der Waals surface area contributed by atoms with Gasteiger partial charge in [-0.05, 0) is 25.8 Å². The highest BCUT2D eigenvalue weighted by Crippen LogP contribution is 2.38. The Labute approximate surface area is 145 Å². The molecule has 0 N–H and O–H groups in total. The van der Waals surface area contributed by atoms with Crippen LogP contribution in [-0.4, -0.2) is 29.2 Å². The molecule has 0 radical (unpaired) electrons. The normalized spacial score (nSPS) is 24.7. The first-order valence-electron chi connectivity index (χ1n) is 8.28. The van der Waals surface area contributed by atoms with Crippen LogP contribution in [0, 0.1) is 11.8 Å². The molecule has 1 aromatic carbocycles. The number of esters is 1. The Morgan fingerprint density at radius 3 is 2.38 bits per heavy atom. The number of likely N-dealkylation sites (tertiary alicyclic amines) is 1. The lowest BCUT2D eigenvalue weighted by Gasteiger charge is -2.19. The molecule has 0 spiro atoms. The average Bonchev–Trinajstić information content (AvgIpc) is 2.80. The lowest BCUT2D eigenvalue weighted by Crippen LogP contribution is -2.37. The van der Waals surface area contributed by atoms with Crippen LogP contribution in [-0.2, 0) is 19.1 Å². The summed E-state index contributed by atoms with van der Waals surface area (Å²) < 4.78 is 5.36. The zero-order valence-electron chi connectivity index (χ0n) is 13.5. The van der Waals surface area contributed by atoms with E-state index < -0.39 is 12.1 Å². The van der Waals surface area contributed by atoms with Gasteiger partial charge in [0.05, 0.1) is 11.8 Å². The molecule has 1 saturated heterocycles. The molecule has 0 bridgehead atoms. The van der Waals surface area contributed by atoms with Crippen molar-refractivity contribution in [2.45, 2.75) is 38.7 Å². The molecule has 5 nitrogen and oxygen atoms in total. The van der Waals surface area contributed by atoms with E-state index in [0.717, 1.165) is 30.6 Å². The van der Waals surface area contributed by atoms with Gasteiger partial charge in [-0.25, -0.2) is 0 Å². The van der Waals surface area contributed by atoms with Crippen molar-refractivity contribution in [2.75, 3.05) is 6.54 Å². The summed E-state index contributed by atoms with van der Waals surface area (Å²) in [5, 5.41) is 0.511. The maximum Gasteiger partial charge on any atom is 0.326 e. The first-order valence-corrected chi connectivity index (χ1v) is 8.66. The van der Waals surface area contributed by atoms with E-state index in [0.29, 0.717) is 10.6 Å². The highest BCUT2D eigenvalue weighted by Gasteiger charge is 2.48. The first kappa shape index (κ1) is 17.0. The van der Waals surface area contributed by atoms with Gasteiger partial charge in [-0.1, -0.05) is 42.6 Å². The molecule has 3 unspecified atom stereocenters. The molecular weight excluding hydrogens is 330 g/mol. The Morgan fingerprint density at radius 1 is 1.21 bits per heavy atom. The standard InChI is InChI=1S/C18H20ClNO4/c1-11(12-6-4-5-9-15(12)19)24-16(21)10-20-17(22)13-7-2-3-8-14(13)18(20)23/h4-6,9,11,13-14H,2-3,7-8,10H2,1H3. The van der Waals surface area contributed by atoms with Crippen LogP contribution in [0.1, 0.15) is 44.3 Å². The number of carbonyl (C=O) groups excluding carboxylic acids is 3. The number of carbonyl (C=O) groups is 3. The molecular formula is C18H20ClNO4. The Hall–Kier alpha value is -1.88. The highest BCUT2D eigenvalue weighted by molar-refractivity contribution is 6.31. The second kappa shape index (κ2) is 6.93. The lowest BCUT2D eigenvalue weighted by molar-refractivity contribution is -0.156. The van der Waals surface area contributed by atoms with Crippen molar-refractivity contribution < 1.29 is 19.1 Å². The number of fused-ring (bicyclic) bond motifs is 1. The van der Waals surface area contributed by atoms with Gasteiger partial charge in [-0.2, -0.15) is 0 Å². The molecule has 2 fully saturated rings. The van der Waals surface area contributed by atoms with Crippen LogP contribution >= 0.6 is 11.6 Å². The van der Waals surface area contributed by atoms with E-state index in [2.05, 4.69) is 0 Å². The second-order valence-electron chi connectivity index (χ2n) is 6.41. The minimum atomic E-state index is -0.595. The number of hydrogen-bond donors (Lipinski definition) is 0. The number of amides is 2. The van der Waals surface area contributed by atoms with E-state index in [1.54, 1.807) is 25.1 Å². The molecule has 1 aromatic rings. The number of hydrogen-bond acceptors (Lipinski definition) is 4. The molecule has 1 saturated carbocycles. The first-order chi connectivity index (χ1) is 11.5. The fourth-order valence-corrected chi connectivity index (χ4v) is 3.91. The maximum absolute atomic E-state index is 12.4. The molecule has 2 aliphatic rings. The van der Waals surface area contributed by atoms with Crippen molar-refractivity contribution in [3.8, 4) is 0 Å². The Kier molecular flexibility index (Phi) is 4.90. The van der Waals surface area contributed by atoms with Crippen molar-refractivity contribution in [3.63, 3.8) is 0 Å². The van der Waals surface area contributed by atoms with Gasteiger partial charge in [-0.15, -0.1) is 0 Å². The third kappa shape index (κ3) is 3.18. The van der Waals surface area contributed by atoms with Crippen molar-refractivity contribution in [3.05, 3.63) is 34.9 Å². The summed E-state index contributed by atoms with van der Waals surface area (Å²) in [4.78, 5) is 38.0. The molecule has 1 heterocycles. The zero-order valence-corrected chi connectivity index (χ0v) is 14.3. The summed E-state index contributed by atoms with van der Waals surface area (Å²) in [5.74, 6) is -1.55. The van der Waals surface area contributed by atoms with Crippen LogP contribution in [0.5, 0.6) is 0 Å². The SMILES string of the molecule is CC(OC(=O)CN1C(=O)C2CCCCC2C1=O)c1ccccc1Cl. The summed E-state index contributed by atoms with van der Waals surface area (Å²) in [6, 6.07) is 7.11. The Morgan fingerprint density at radius 2 is 1.79 bits per heavy atom. The number of rotatable bonds is 4. The summed E-state index contributed by atoms with van der Waals surface area (Å²) in [7, 11) is 0. The van der Waals surface area contributed by atoms with Crippen molar-refractivity contribution in [1.82, 2.24) is 4.90 Å². The molecule has 3 atom stereocenters. The minimum Gasteiger partial charge on any atom is -0.456 e. The lowest BCUT2D eigenvalue weighted by atomic mass is 9.81. The van der Waals surface area contributed by atoms with Gasteiger partial charge in [0.25, 0.3) is 0 Å². The Balaban J connectivity index is 1.63. The number of benzene rings is 1. The number of ether oxygens (including phenoxy) is 1. The molecule has 128 valence electrons. The molecule has 1 aliphatic carbocycles. The van der Waals surface area contributed by atoms with Gasteiger partial charge < -0.3 is 4.74 Å². The van der Waals surface area contributed by atoms with Gasteiger partial charge in [0.2, 0.25) is 11.8 Å². The number of nitrogens with zero attached hydrogens (tertiary/aromatic N) is 1. The largest absolute Gasteiger partial charge is 0.456 e. The summed E-state index contributed by atoms with van der Waals surface area (Å²) in [5.41, 5.74) is 0.695. The monoisotopic (exact) mass is 349 g/mol. The quantitative estimate of drug-likeness (QED) is 0.619. The third-order valence-corrected chi connectivity index (χ3v) is 5.22. The molecule has 1 aliphatic heterocycles. The fraction of sp³-hybridized carbons (Fsp3) is 0.500. The molecule has 0 aromatic heterocycles. The molecule has 24 heavy (non-hydrogen) atoms. The summed E-state index contributed by atoms with van der Waals surface area (Å²) in [6.45, 7) is 1.39. The third-order valence-electron chi connectivity index (χ3n) is 4.87. The van der Waals surface area contributed by atoms with E-state index in [-0.39, 0.29) is 30.2 Å². The summed E-state index contributed by atoms with van der Waals surface area (Å²) >= 11 is 6.09. The van der Waals surface area contributed by atoms with Crippen molar-refractivity contribution in [1.29, 1.82) is 0 Å². The van der Waals surface area contributed by atoms with Crippen LogP contribution < -0.4 is 0 Å². The zero-order chi connectivity index (χ0) is 17.3. The van der Waals surface area contributed by atoms with Gasteiger partial charge in [0.1, 0.15) is 12.6 Å². The predicted molar refractivity (Wildman–Crippen MR) is 88.1 cm³/mol. The molecule has 6 heteroatoms.